The molecule has 0 radical (unpaired) electrons. The van der Waals surface area contributed by atoms with Crippen molar-refractivity contribution >= 4 is 22.2 Å². The zero-order valence-corrected chi connectivity index (χ0v) is 12.2. The molecule has 2 N–H and O–H groups in total. The first-order valence-electron chi connectivity index (χ1n) is 6.45. The number of carbonyl (C=O) groups is 1. The summed E-state index contributed by atoms with van der Waals surface area (Å²) in [6.07, 6.45) is 3.06. The van der Waals surface area contributed by atoms with Crippen molar-refractivity contribution in [3.63, 3.8) is 0 Å². The Bertz CT molecular complexity index is 664. The van der Waals surface area contributed by atoms with Gasteiger partial charge in [0.1, 0.15) is 5.56 Å². The molecule has 0 saturated heterocycles. The molecule has 0 aliphatic rings. The topological polar surface area (TPSA) is 83.7 Å². The number of aromatic nitrogens is 2. The number of hydrogen-bond donors (Lipinski definition) is 2. The Balaban J connectivity index is 2.12. The summed E-state index contributed by atoms with van der Waals surface area (Å²) in [5, 5.41) is 14.1. The summed E-state index contributed by atoms with van der Waals surface area (Å²) in [6.45, 7) is 4.00. The fourth-order valence-corrected chi connectivity index (χ4v) is 2.42. The minimum absolute atomic E-state index is 0.0164. The molecule has 2 aromatic rings. The predicted molar refractivity (Wildman–Crippen MR) is 77.1 cm³/mol. The number of rotatable bonds is 5. The Morgan fingerprint density at radius 2 is 2.35 bits per heavy atom. The molecular weight excluding hydrogens is 278 g/mol. The summed E-state index contributed by atoms with van der Waals surface area (Å²) in [7, 11) is 0. The standard InChI is InChI=1S/C13H17N3O3S/c1-3-8(2)10(17)7-14-11(18)9-6-15-13-16(12(9)19)4-5-20-13/h4-6,8,10,17H,3,7H2,1-2H3,(H,14,18). The number of hydrogen-bond acceptors (Lipinski definition) is 5. The highest BCUT2D eigenvalue weighted by atomic mass is 32.1. The molecule has 2 unspecified atom stereocenters. The molecule has 0 aromatic carbocycles. The number of nitrogens with one attached hydrogen (secondary N) is 1. The maximum absolute atomic E-state index is 12.1. The summed E-state index contributed by atoms with van der Waals surface area (Å²) < 4.78 is 1.34. The van der Waals surface area contributed by atoms with Crippen molar-refractivity contribution in [1.82, 2.24) is 14.7 Å². The van der Waals surface area contributed by atoms with Gasteiger partial charge in [0.05, 0.1) is 6.10 Å². The molecule has 0 spiro atoms. The SMILES string of the molecule is CCC(C)C(O)CNC(=O)c1cnc2sccn2c1=O. The lowest BCUT2D eigenvalue weighted by molar-refractivity contribution is 0.0848. The minimum atomic E-state index is -0.621. The first-order valence-corrected chi connectivity index (χ1v) is 7.33. The molecule has 2 atom stereocenters. The number of aliphatic hydroxyl groups is 1. The van der Waals surface area contributed by atoms with Gasteiger partial charge in [-0.25, -0.2) is 4.98 Å². The molecule has 0 aliphatic carbocycles. The number of fused-ring (bicyclic) bond motifs is 1. The van der Waals surface area contributed by atoms with Crippen LogP contribution in [0.1, 0.15) is 30.6 Å². The van der Waals surface area contributed by atoms with Crippen LogP contribution in [0, 0.1) is 5.92 Å². The van der Waals surface area contributed by atoms with E-state index < -0.39 is 17.6 Å². The monoisotopic (exact) mass is 295 g/mol. The Kier molecular flexibility index (Phi) is 4.51. The molecule has 0 aliphatic heterocycles. The summed E-state index contributed by atoms with van der Waals surface area (Å²) >= 11 is 1.33. The van der Waals surface area contributed by atoms with E-state index in [2.05, 4.69) is 10.3 Å². The normalized spacial score (nSPS) is 14.2. The van der Waals surface area contributed by atoms with Crippen molar-refractivity contribution in [2.24, 2.45) is 5.92 Å². The lowest BCUT2D eigenvalue weighted by Gasteiger charge is -2.17. The lowest BCUT2D eigenvalue weighted by Crippen LogP contribution is -2.38. The molecule has 2 rings (SSSR count). The van der Waals surface area contributed by atoms with Gasteiger partial charge in [-0.1, -0.05) is 20.3 Å². The van der Waals surface area contributed by atoms with Crippen molar-refractivity contribution in [1.29, 1.82) is 0 Å². The van der Waals surface area contributed by atoms with Crippen LogP contribution in [-0.2, 0) is 0 Å². The van der Waals surface area contributed by atoms with Crippen LogP contribution in [0.25, 0.3) is 4.96 Å². The highest BCUT2D eigenvalue weighted by Crippen LogP contribution is 2.07. The van der Waals surface area contributed by atoms with Gasteiger partial charge < -0.3 is 10.4 Å². The van der Waals surface area contributed by atoms with E-state index in [0.29, 0.717) is 4.96 Å². The van der Waals surface area contributed by atoms with E-state index in [4.69, 9.17) is 0 Å². The van der Waals surface area contributed by atoms with Crippen molar-refractivity contribution in [2.75, 3.05) is 6.54 Å². The highest BCUT2D eigenvalue weighted by molar-refractivity contribution is 7.15. The van der Waals surface area contributed by atoms with Gasteiger partial charge >= 0.3 is 0 Å². The number of thiazole rings is 1. The van der Waals surface area contributed by atoms with Crippen LogP contribution in [0.4, 0.5) is 0 Å². The number of carbonyl (C=O) groups excluding carboxylic acids is 1. The van der Waals surface area contributed by atoms with E-state index in [9.17, 15) is 14.7 Å². The molecule has 20 heavy (non-hydrogen) atoms. The van der Waals surface area contributed by atoms with Crippen LogP contribution in [0.5, 0.6) is 0 Å². The van der Waals surface area contributed by atoms with E-state index in [0.717, 1.165) is 6.42 Å². The van der Waals surface area contributed by atoms with Crippen molar-refractivity contribution in [3.05, 3.63) is 33.7 Å². The summed E-state index contributed by atoms with van der Waals surface area (Å²) in [5.74, 6) is -0.417. The summed E-state index contributed by atoms with van der Waals surface area (Å²) in [6, 6.07) is 0. The zero-order valence-electron chi connectivity index (χ0n) is 11.4. The first kappa shape index (κ1) is 14.7. The first-order chi connectivity index (χ1) is 9.54. The van der Waals surface area contributed by atoms with E-state index in [1.807, 2.05) is 13.8 Å². The van der Waals surface area contributed by atoms with E-state index in [1.54, 1.807) is 11.6 Å². The average Bonchev–Trinajstić information content (AvgIpc) is 2.93. The zero-order chi connectivity index (χ0) is 14.7. The van der Waals surface area contributed by atoms with Crippen LogP contribution in [0.3, 0.4) is 0 Å². The van der Waals surface area contributed by atoms with Gasteiger partial charge in [-0.05, 0) is 5.92 Å². The summed E-state index contributed by atoms with van der Waals surface area (Å²) in [5.41, 5.74) is -0.413. The molecule has 0 saturated carbocycles. The molecular formula is C13H17N3O3S. The highest BCUT2D eigenvalue weighted by Gasteiger charge is 2.17. The summed E-state index contributed by atoms with van der Waals surface area (Å²) in [4.78, 5) is 28.7. The third-order valence-corrected chi connectivity index (χ3v) is 4.13. The quantitative estimate of drug-likeness (QED) is 0.858. The van der Waals surface area contributed by atoms with Crippen LogP contribution in [0.2, 0.25) is 0 Å². The number of aliphatic hydroxyl groups excluding tert-OH is 1. The Hall–Kier alpha value is -1.73. The number of nitrogens with zero attached hydrogens (tertiary/aromatic N) is 2. The Labute approximate surface area is 120 Å². The van der Waals surface area contributed by atoms with Crippen molar-refractivity contribution in [2.45, 2.75) is 26.4 Å². The van der Waals surface area contributed by atoms with Crippen LogP contribution < -0.4 is 10.9 Å². The molecule has 108 valence electrons. The van der Waals surface area contributed by atoms with Crippen molar-refractivity contribution < 1.29 is 9.90 Å². The smallest absolute Gasteiger partial charge is 0.271 e. The molecule has 6 nitrogen and oxygen atoms in total. The van der Waals surface area contributed by atoms with Gasteiger partial charge in [0.25, 0.3) is 11.5 Å². The second-order valence-electron chi connectivity index (χ2n) is 4.70. The van der Waals surface area contributed by atoms with Crippen LogP contribution in [-0.4, -0.2) is 33.0 Å². The average molecular weight is 295 g/mol. The molecule has 2 heterocycles. The predicted octanol–water partition coefficient (Wildman–Crippen LogP) is 0.893. The number of amides is 1. The van der Waals surface area contributed by atoms with Crippen LogP contribution >= 0.6 is 11.3 Å². The molecule has 1 amide bonds. The van der Waals surface area contributed by atoms with E-state index >= 15 is 0 Å². The second-order valence-corrected chi connectivity index (χ2v) is 5.57. The maximum Gasteiger partial charge on any atom is 0.271 e. The van der Waals surface area contributed by atoms with E-state index in [-0.39, 0.29) is 18.0 Å². The largest absolute Gasteiger partial charge is 0.391 e. The molecule has 7 heteroatoms. The van der Waals surface area contributed by atoms with Gasteiger partial charge in [0, 0.05) is 24.3 Å². The van der Waals surface area contributed by atoms with Gasteiger partial charge in [0.15, 0.2) is 4.96 Å². The van der Waals surface area contributed by atoms with Crippen molar-refractivity contribution in [3.8, 4) is 0 Å². The molecule has 0 bridgehead atoms. The fraction of sp³-hybridized carbons (Fsp3) is 0.462. The minimum Gasteiger partial charge on any atom is -0.391 e. The third-order valence-electron chi connectivity index (χ3n) is 3.36. The Morgan fingerprint density at radius 1 is 1.60 bits per heavy atom. The van der Waals surface area contributed by atoms with Gasteiger partial charge in [0.2, 0.25) is 0 Å². The van der Waals surface area contributed by atoms with E-state index in [1.165, 1.54) is 21.9 Å². The molecule has 0 fully saturated rings. The van der Waals surface area contributed by atoms with Crippen LogP contribution in [0.15, 0.2) is 22.6 Å². The van der Waals surface area contributed by atoms with Gasteiger partial charge in [-0.15, -0.1) is 11.3 Å². The third kappa shape index (κ3) is 2.88. The second kappa shape index (κ2) is 6.15. The van der Waals surface area contributed by atoms with Gasteiger partial charge in [-0.2, -0.15) is 0 Å². The lowest BCUT2D eigenvalue weighted by atomic mass is 10.0. The fourth-order valence-electron chi connectivity index (χ4n) is 1.75. The maximum atomic E-state index is 12.1. The van der Waals surface area contributed by atoms with Gasteiger partial charge in [-0.3, -0.25) is 14.0 Å². The Morgan fingerprint density at radius 3 is 3.05 bits per heavy atom. The molecule has 2 aromatic heterocycles.